The Hall–Kier alpha value is -2.91. The molecule has 1 heterocycles. The summed E-state index contributed by atoms with van der Waals surface area (Å²) in [6.45, 7) is 1.07. The molecule has 0 saturated carbocycles. The average molecular weight is 481 g/mol. The molecule has 0 unspecified atom stereocenters. The SMILES string of the molecule is COc1cc(Cl)cc(C=Nn2c(C)nc3ccc(Br)cc3c2=O)c1OCC(=O)O. The van der Waals surface area contributed by atoms with E-state index < -0.39 is 12.6 Å². The molecular weight excluding hydrogens is 466 g/mol. The number of rotatable bonds is 6. The number of benzene rings is 2. The molecule has 0 aliphatic rings. The number of aryl methyl sites for hydroxylation is 1. The van der Waals surface area contributed by atoms with Crippen LogP contribution in [0.15, 0.2) is 44.7 Å². The third kappa shape index (κ3) is 4.57. The maximum Gasteiger partial charge on any atom is 0.341 e. The molecule has 0 fully saturated rings. The predicted octanol–water partition coefficient (Wildman–Crippen LogP) is 3.48. The highest BCUT2D eigenvalue weighted by Crippen LogP contribution is 2.34. The minimum Gasteiger partial charge on any atom is -0.493 e. The zero-order valence-corrected chi connectivity index (χ0v) is 17.7. The summed E-state index contributed by atoms with van der Waals surface area (Å²) < 4.78 is 12.4. The van der Waals surface area contributed by atoms with E-state index in [1.165, 1.54) is 25.5 Å². The van der Waals surface area contributed by atoms with Crippen molar-refractivity contribution in [3.8, 4) is 11.5 Å². The second kappa shape index (κ2) is 8.62. The molecule has 0 bridgehead atoms. The van der Waals surface area contributed by atoms with Gasteiger partial charge in [0.15, 0.2) is 18.1 Å². The molecule has 1 N–H and O–H groups in total. The zero-order chi connectivity index (χ0) is 21.1. The highest BCUT2D eigenvalue weighted by Gasteiger charge is 2.14. The number of carboxylic acids is 1. The summed E-state index contributed by atoms with van der Waals surface area (Å²) in [4.78, 5) is 28.1. The van der Waals surface area contributed by atoms with Gasteiger partial charge in [-0.3, -0.25) is 4.79 Å². The van der Waals surface area contributed by atoms with Crippen molar-refractivity contribution in [2.45, 2.75) is 6.92 Å². The molecule has 29 heavy (non-hydrogen) atoms. The summed E-state index contributed by atoms with van der Waals surface area (Å²) in [6, 6.07) is 8.21. The van der Waals surface area contributed by atoms with Gasteiger partial charge in [-0.2, -0.15) is 9.78 Å². The molecule has 10 heteroatoms. The Balaban J connectivity index is 2.11. The first-order valence-corrected chi connectivity index (χ1v) is 9.42. The van der Waals surface area contributed by atoms with E-state index in [-0.39, 0.29) is 17.1 Å². The molecule has 150 valence electrons. The second-order valence-electron chi connectivity index (χ2n) is 5.89. The van der Waals surface area contributed by atoms with Gasteiger partial charge in [0, 0.05) is 21.1 Å². The fourth-order valence-electron chi connectivity index (χ4n) is 2.64. The first kappa shape index (κ1) is 20.8. The van der Waals surface area contributed by atoms with Crippen LogP contribution in [-0.2, 0) is 4.79 Å². The molecule has 0 radical (unpaired) electrons. The van der Waals surface area contributed by atoms with Crippen molar-refractivity contribution in [3.63, 3.8) is 0 Å². The van der Waals surface area contributed by atoms with Crippen LogP contribution in [0.25, 0.3) is 10.9 Å². The van der Waals surface area contributed by atoms with Gasteiger partial charge in [0.1, 0.15) is 5.82 Å². The zero-order valence-electron chi connectivity index (χ0n) is 15.3. The number of aromatic nitrogens is 2. The third-order valence-corrected chi connectivity index (χ3v) is 4.60. The van der Waals surface area contributed by atoms with Gasteiger partial charge < -0.3 is 14.6 Å². The Morgan fingerprint density at radius 2 is 2.14 bits per heavy atom. The van der Waals surface area contributed by atoms with E-state index in [0.717, 1.165) is 9.15 Å². The van der Waals surface area contributed by atoms with Crippen LogP contribution in [0, 0.1) is 6.92 Å². The first-order chi connectivity index (χ1) is 13.8. The highest BCUT2D eigenvalue weighted by molar-refractivity contribution is 9.10. The van der Waals surface area contributed by atoms with Crippen LogP contribution in [0.2, 0.25) is 5.02 Å². The molecule has 1 aromatic heterocycles. The summed E-state index contributed by atoms with van der Waals surface area (Å²) in [5.41, 5.74) is 0.542. The molecular formula is C19H15BrClN3O5. The van der Waals surface area contributed by atoms with E-state index in [2.05, 4.69) is 26.0 Å². The lowest BCUT2D eigenvalue weighted by molar-refractivity contribution is -0.139. The molecule has 3 aromatic rings. The van der Waals surface area contributed by atoms with Crippen LogP contribution < -0.4 is 15.0 Å². The van der Waals surface area contributed by atoms with Crippen molar-refractivity contribution < 1.29 is 19.4 Å². The lowest BCUT2D eigenvalue weighted by Crippen LogP contribution is -2.20. The normalized spacial score (nSPS) is 11.2. The van der Waals surface area contributed by atoms with E-state index in [4.69, 9.17) is 26.2 Å². The Bertz CT molecular complexity index is 1190. The predicted molar refractivity (Wildman–Crippen MR) is 113 cm³/mol. The monoisotopic (exact) mass is 479 g/mol. The fourth-order valence-corrected chi connectivity index (χ4v) is 3.22. The van der Waals surface area contributed by atoms with Gasteiger partial charge in [-0.25, -0.2) is 9.78 Å². The number of halogens is 2. The van der Waals surface area contributed by atoms with E-state index >= 15 is 0 Å². The number of carboxylic acid groups (broad SMARTS) is 1. The number of hydrogen-bond acceptors (Lipinski definition) is 6. The molecule has 0 amide bonds. The topological polar surface area (TPSA) is 103 Å². The molecule has 8 nitrogen and oxygen atoms in total. The summed E-state index contributed by atoms with van der Waals surface area (Å²) in [5, 5.41) is 13.8. The van der Waals surface area contributed by atoms with E-state index in [1.807, 2.05) is 0 Å². The van der Waals surface area contributed by atoms with Crippen molar-refractivity contribution in [2.24, 2.45) is 5.10 Å². The van der Waals surface area contributed by atoms with E-state index in [9.17, 15) is 9.59 Å². The Kier molecular flexibility index (Phi) is 6.19. The van der Waals surface area contributed by atoms with Crippen LogP contribution in [0.1, 0.15) is 11.4 Å². The summed E-state index contributed by atoms with van der Waals surface area (Å²) >= 11 is 9.44. The number of carbonyl (C=O) groups is 1. The lowest BCUT2D eigenvalue weighted by Gasteiger charge is -2.13. The van der Waals surface area contributed by atoms with Gasteiger partial charge in [0.2, 0.25) is 0 Å². The van der Waals surface area contributed by atoms with Crippen molar-refractivity contribution >= 4 is 50.6 Å². The average Bonchev–Trinajstić information content (AvgIpc) is 2.67. The lowest BCUT2D eigenvalue weighted by atomic mass is 10.2. The number of hydrogen-bond donors (Lipinski definition) is 1. The maximum atomic E-state index is 12.8. The highest BCUT2D eigenvalue weighted by atomic mass is 79.9. The summed E-state index contributed by atoms with van der Waals surface area (Å²) in [5.74, 6) is -0.389. The number of ether oxygens (including phenoxy) is 2. The minimum atomic E-state index is -1.15. The largest absolute Gasteiger partial charge is 0.493 e. The van der Waals surface area contributed by atoms with E-state index in [0.29, 0.717) is 27.3 Å². The van der Waals surface area contributed by atoms with Gasteiger partial charge in [-0.05, 0) is 31.2 Å². The van der Waals surface area contributed by atoms with Gasteiger partial charge in [0.25, 0.3) is 5.56 Å². The molecule has 3 rings (SSSR count). The Morgan fingerprint density at radius 3 is 2.83 bits per heavy atom. The first-order valence-electron chi connectivity index (χ1n) is 8.25. The van der Waals surface area contributed by atoms with Crippen LogP contribution in [0.3, 0.4) is 0 Å². The number of nitrogens with zero attached hydrogens (tertiary/aromatic N) is 3. The second-order valence-corrected chi connectivity index (χ2v) is 7.24. The maximum absolute atomic E-state index is 12.8. The molecule has 0 aliphatic heterocycles. The van der Waals surface area contributed by atoms with Crippen molar-refractivity contribution in [1.29, 1.82) is 0 Å². The minimum absolute atomic E-state index is 0.144. The van der Waals surface area contributed by atoms with Gasteiger partial charge >= 0.3 is 5.97 Å². The number of methoxy groups -OCH3 is 1. The van der Waals surface area contributed by atoms with Crippen molar-refractivity contribution in [2.75, 3.05) is 13.7 Å². The standard InChI is InChI=1S/C19H15BrClN3O5/c1-10-23-15-4-3-12(20)6-14(15)19(27)24(10)22-8-11-5-13(21)7-16(28-2)18(11)29-9-17(25)26/h3-8H,9H2,1-2H3,(H,25,26). The number of aliphatic carboxylic acids is 1. The molecule has 0 atom stereocenters. The van der Waals surface area contributed by atoms with Gasteiger partial charge in [0.05, 0.1) is 24.2 Å². The smallest absolute Gasteiger partial charge is 0.341 e. The Labute approximate surface area is 178 Å². The van der Waals surface area contributed by atoms with Crippen LogP contribution in [-0.4, -0.2) is 40.7 Å². The van der Waals surface area contributed by atoms with Crippen molar-refractivity contribution in [1.82, 2.24) is 9.66 Å². The van der Waals surface area contributed by atoms with E-state index in [1.54, 1.807) is 25.1 Å². The van der Waals surface area contributed by atoms with Gasteiger partial charge in [-0.1, -0.05) is 27.5 Å². The quantitative estimate of drug-likeness (QED) is 0.542. The van der Waals surface area contributed by atoms with Crippen LogP contribution in [0.5, 0.6) is 11.5 Å². The molecule has 0 aliphatic carbocycles. The molecule has 0 saturated heterocycles. The molecule has 2 aromatic carbocycles. The third-order valence-electron chi connectivity index (χ3n) is 3.89. The summed E-state index contributed by atoms with van der Waals surface area (Å²) in [6.07, 6.45) is 1.34. The summed E-state index contributed by atoms with van der Waals surface area (Å²) in [7, 11) is 1.40. The van der Waals surface area contributed by atoms with Crippen molar-refractivity contribution in [3.05, 3.63) is 61.6 Å². The molecule has 0 spiro atoms. The fraction of sp³-hybridized carbons (Fsp3) is 0.158. The van der Waals surface area contributed by atoms with Gasteiger partial charge in [-0.15, -0.1) is 0 Å². The Morgan fingerprint density at radius 1 is 1.38 bits per heavy atom. The number of fused-ring (bicyclic) bond motifs is 1. The van der Waals surface area contributed by atoms with Crippen LogP contribution >= 0.6 is 27.5 Å². The van der Waals surface area contributed by atoms with Crippen LogP contribution in [0.4, 0.5) is 0 Å².